The standard InChI is InChI=1S/C30H43NO6/c1-18-14-19(2)24(20(3)15-18)25-23(35-28(34)37-30(7,8)9)17-22(26(25)32)16-21-10-12-31(13-11-21)27(33)36-29(4,5)6/h14-15,21-22H,10-13,16-17H2,1-9H3. The van der Waals surface area contributed by atoms with Gasteiger partial charge in [0.15, 0.2) is 5.78 Å². The molecule has 1 heterocycles. The third kappa shape index (κ3) is 7.59. The van der Waals surface area contributed by atoms with Gasteiger partial charge < -0.3 is 19.1 Å². The smallest absolute Gasteiger partial charge is 0.444 e. The Kier molecular flexibility index (Phi) is 8.45. The number of hydrogen-bond donors (Lipinski definition) is 0. The van der Waals surface area contributed by atoms with E-state index in [1.807, 2.05) is 53.7 Å². The lowest BCUT2D eigenvalue weighted by molar-refractivity contribution is -0.117. The number of amides is 1. The van der Waals surface area contributed by atoms with Crippen molar-refractivity contribution in [2.24, 2.45) is 11.8 Å². The van der Waals surface area contributed by atoms with Gasteiger partial charge in [0.05, 0.1) is 5.57 Å². The zero-order valence-corrected chi connectivity index (χ0v) is 23.9. The molecule has 37 heavy (non-hydrogen) atoms. The summed E-state index contributed by atoms with van der Waals surface area (Å²) in [4.78, 5) is 40.6. The number of allylic oxidation sites excluding steroid dienone is 2. The lowest BCUT2D eigenvalue weighted by Gasteiger charge is -2.34. The summed E-state index contributed by atoms with van der Waals surface area (Å²) in [6, 6.07) is 4.10. The number of ketones is 1. The Morgan fingerprint density at radius 2 is 1.46 bits per heavy atom. The second kappa shape index (κ2) is 10.9. The highest BCUT2D eigenvalue weighted by Gasteiger charge is 2.40. The van der Waals surface area contributed by atoms with Gasteiger partial charge >= 0.3 is 12.2 Å². The molecule has 2 aliphatic rings. The van der Waals surface area contributed by atoms with Crippen molar-refractivity contribution >= 4 is 23.6 Å². The average molecular weight is 514 g/mol. The molecule has 1 unspecified atom stereocenters. The van der Waals surface area contributed by atoms with E-state index in [1.165, 1.54) is 0 Å². The topological polar surface area (TPSA) is 82.1 Å². The summed E-state index contributed by atoms with van der Waals surface area (Å²) in [7, 11) is 0. The molecule has 1 aliphatic carbocycles. The minimum atomic E-state index is -0.790. The van der Waals surface area contributed by atoms with E-state index in [0.717, 1.165) is 35.1 Å². The fourth-order valence-electron chi connectivity index (χ4n) is 5.33. The summed E-state index contributed by atoms with van der Waals surface area (Å²) in [5, 5.41) is 0. The summed E-state index contributed by atoms with van der Waals surface area (Å²) in [6.45, 7) is 18.2. The van der Waals surface area contributed by atoms with Gasteiger partial charge in [-0.2, -0.15) is 0 Å². The van der Waals surface area contributed by atoms with Gasteiger partial charge in [0.2, 0.25) is 0 Å². The van der Waals surface area contributed by atoms with Crippen molar-refractivity contribution in [3.05, 3.63) is 40.1 Å². The molecule has 1 fully saturated rings. The van der Waals surface area contributed by atoms with Crippen LogP contribution in [0.15, 0.2) is 17.9 Å². The van der Waals surface area contributed by atoms with E-state index in [9.17, 15) is 14.4 Å². The Labute approximate surface area is 221 Å². The number of carbonyl (C=O) groups is 3. The molecular formula is C30H43NO6. The van der Waals surface area contributed by atoms with E-state index in [4.69, 9.17) is 14.2 Å². The summed E-state index contributed by atoms with van der Waals surface area (Å²) in [5.41, 5.74) is 3.21. The maximum absolute atomic E-state index is 13.8. The first-order valence-electron chi connectivity index (χ1n) is 13.3. The number of carbonyl (C=O) groups excluding carboxylic acids is 3. The first kappa shape index (κ1) is 28.7. The van der Waals surface area contributed by atoms with Gasteiger partial charge in [-0.15, -0.1) is 0 Å². The van der Waals surface area contributed by atoms with Gasteiger partial charge in [-0.25, -0.2) is 9.59 Å². The number of likely N-dealkylation sites (tertiary alicyclic amines) is 1. The largest absolute Gasteiger partial charge is 0.514 e. The minimum Gasteiger partial charge on any atom is -0.444 e. The highest BCUT2D eigenvalue weighted by atomic mass is 16.7. The van der Waals surface area contributed by atoms with Crippen molar-refractivity contribution in [1.82, 2.24) is 4.90 Å². The van der Waals surface area contributed by atoms with Crippen LogP contribution in [0.2, 0.25) is 0 Å². The number of benzene rings is 1. The fourth-order valence-corrected chi connectivity index (χ4v) is 5.33. The lowest BCUT2D eigenvalue weighted by atomic mass is 9.84. The molecule has 1 aromatic carbocycles. The zero-order chi connectivity index (χ0) is 27.7. The third-order valence-corrected chi connectivity index (χ3v) is 6.73. The Morgan fingerprint density at radius 1 is 0.919 bits per heavy atom. The lowest BCUT2D eigenvalue weighted by Crippen LogP contribution is -2.42. The van der Waals surface area contributed by atoms with Crippen molar-refractivity contribution in [2.75, 3.05) is 13.1 Å². The fraction of sp³-hybridized carbons (Fsp3) is 0.633. The van der Waals surface area contributed by atoms with Crippen LogP contribution in [0.3, 0.4) is 0 Å². The first-order chi connectivity index (χ1) is 17.0. The van der Waals surface area contributed by atoms with Crippen LogP contribution >= 0.6 is 0 Å². The van der Waals surface area contributed by atoms with Gasteiger partial charge in [-0.1, -0.05) is 17.7 Å². The van der Waals surface area contributed by atoms with E-state index in [0.29, 0.717) is 43.2 Å². The molecule has 7 nitrogen and oxygen atoms in total. The van der Waals surface area contributed by atoms with Gasteiger partial charge in [0.1, 0.15) is 17.0 Å². The van der Waals surface area contributed by atoms with Gasteiger partial charge in [0, 0.05) is 25.4 Å². The number of rotatable bonds is 4. The molecule has 3 rings (SSSR count). The Hall–Kier alpha value is -2.83. The molecule has 1 amide bonds. The maximum Gasteiger partial charge on any atom is 0.514 e. The normalized spacial score (nSPS) is 19.3. The number of hydrogen-bond acceptors (Lipinski definition) is 6. The highest BCUT2D eigenvalue weighted by Crippen LogP contribution is 2.42. The van der Waals surface area contributed by atoms with Crippen LogP contribution in [-0.2, 0) is 19.0 Å². The SMILES string of the molecule is Cc1cc(C)c(C2=C(OC(=O)OC(C)(C)C)CC(CC3CCN(C(=O)OC(C)(C)C)CC3)C2=O)c(C)c1. The molecule has 0 N–H and O–H groups in total. The molecule has 0 aromatic heterocycles. The van der Waals surface area contributed by atoms with Crippen molar-refractivity contribution in [3.63, 3.8) is 0 Å². The summed E-state index contributed by atoms with van der Waals surface area (Å²) in [6.07, 6.45) is 1.60. The quantitative estimate of drug-likeness (QED) is 0.407. The molecule has 0 spiro atoms. The third-order valence-electron chi connectivity index (χ3n) is 6.73. The van der Waals surface area contributed by atoms with Gasteiger partial charge in [-0.05, 0) is 104 Å². The second-order valence-corrected chi connectivity index (χ2v) is 12.6. The van der Waals surface area contributed by atoms with E-state index >= 15 is 0 Å². The molecular weight excluding hydrogens is 470 g/mol. The van der Waals surface area contributed by atoms with E-state index in [-0.39, 0.29) is 17.8 Å². The zero-order valence-electron chi connectivity index (χ0n) is 23.9. The van der Waals surface area contributed by atoms with Crippen LogP contribution in [0.5, 0.6) is 0 Å². The number of nitrogens with zero attached hydrogens (tertiary/aromatic N) is 1. The van der Waals surface area contributed by atoms with Crippen LogP contribution in [0, 0.1) is 32.6 Å². The van der Waals surface area contributed by atoms with Crippen molar-refractivity contribution in [3.8, 4) is 0 Å². The van der Waals surface area contributed by atoms with Crippen LogP contribution in [-0.4, -0.2) is 47.2 Å². The van der Waals surface area contributed by atoms with Crippen LogP contribution in [0.1, 0.15) is 89.5 Å². The molecule has 0 bridgehead atoms. The summed E-state index contributed by atoms with van der Waals surface area (Å²) >= 11 is 0. The van der Waals surface area contributed by atoms with Crippen LogP contribution in [0.4, 0.5) is 9.59 Å². The highest BCUT2D eigenvalue weighted by molar-refractivity contribution is 6.25. The second-order valence-electron chi connectivity index (χ2n) is 12.6. The molecule has 0 saturated carbocycles. The van der Waals surface area contributed by atoms with Gasteiger partial charge in [-0.3, -0.25) is 4.79 Å². The molecule has 1 saturated heterocycles. The molecule has 1 aliphatic heterocycles. The van der Waals surface area contributed by atoms with Gasteiger partial charge in [0.25, 0.3) is 0 Å². The monoisotopic (exact) mass is 513 g/mol. The maximum atomic E-state index is 13.8. The molecule has 0 radical (unpaired) electrons. The summed E-state index contributed by atoms with van der Waals surface area (Å²) in [5.74, 6) is 0.439. The molecule has 204 valence electrons. The molecule has 7 heteroatoms. The number of aryl methyl sites for hydroxylation is 3. The summed E-state index contributed by atoms with van der Waals surface area (Å²) < 4.78 is 16.6. The Morgan fingerprint density at radius 3 is 1.97 bits per heavy atom. The van der Waals surface area contributed by atoms with Crippen molar-refractivity contribution in [2.45, 2.75) is 99.2 Å². The van der Waals surface area contributed by atoms with Crippen molar-refractivity contribution in [1.29, 1.82) is 0 Å². The minimum absolute atomic E-state index is 0.0168. The van der Waals surface area contributed by atoms with E-state index < -0.39 is 17.4 Å². The number of ether oxygens (including phenoxy) is 3. The predicted octanol–water partition coefficient (Wildman–Crippen LogP) is 6.90. The van der Waals surface area contributed by atoms with Crippen LogP contribution < -0.4 is 0 Å². The first-order valence-corrected chi connectivity index (χ1v) is 13.3. The van der Waals surface area contributed by atoms with Crippen LogP contribution in [0.25, 0.3) is 5.57 Å². The van der Waals surface area contributed by atoms with Crippen molar-refractivity contribution < 1.29 is 28.6 Å². The molecule has 1 aromatic rings. The number of piperidine rings is 1. The van der Waals surface area contributed by atoms with E-state index in [1.54, 1.807) is 25.7 Å². The Balaban J connectivity index is 1.77. The predicted molar refractivity (Wildman–Crippen MR) is 143 cm³/mol. The Bertz CT molecular complexity index is 1060. The number of Topliss-reactive ketones (excluding diaryl/α,β-unsaturated/α-hetero) is 1. The average Bonchev–Trinajstić information content (AvgIpc) is 3.00. The van der Waals surface area contributed by atoms with E-state index in [2.05, 4.69) is 0 Å². The molecule has 1 atom stereocenters.